The van der Waals surface area contributed by atoms with Crippen LogP contribution >= 0.6 is 0 Å². The summed E-state index contributed by atoms with van der Waals surface area (Å²) in [5.74, 6) is 0.0912. The van der Waals surface area contributed by atoms with Crippen molar-refractivity contribution >= 4 is 12.0 Å². The highest BCUT2D eigenvalue weighted by atomic mass is 16.2. The molecule has 4 heteroatoms. The molecule has 0 saturated heterocycles. The lowest BCUT2D eigenvalue weighted by molar-refractivity contribution is 0.0766. The highest BCUT2D eigenvalue weighted by Crippen LogP contribution is 2.14. The molecule has 1 amide bonds. The Bertz CT molecular complexity index is 944. The van der Waals surface area contributed by atoms with E-state index in [0.29, 0.717) is 13.1 Å². The van der Waals surface area contributed by atoms with Gasteiger partial charge in [0.2, 0.25) is 0 Å². The van der Waals surface area contributed by atoms with E-state index >= 15 is 0 Å². The van der Waals surface area contributed by atoms with E-state index < -0.39 is 0 Å². The van der Waals surface area contributed by atoms with E-state index in [9.17, 15) is 4.79 Å². The average Bonchev–Trinajstić information content (AvgIpc) is 3.31. The maximum atomic E-state index is 13.3. The van der Waals surface area contributed by atoms with Gasteiger partial charge in [0.15, 0.2) is 0 Å². The lowest BCUT2D eigenvalue weighted by atomic mass is 10.1. The molecule has 0 aliphatic carbocycles. The van der Waals surface area contributed by atoms with Crippen molar-refractivity contribution in [3.63, 3.8) is 0 Å². The minimum Gasteiger partial charge on any atom is -0.337 e. The Morgan fingerprint density at radius 2 is 1.84 bits per heavy atom. The van der Waals surface area contributed by atoms with Gasteiger partial charge >= 0.3 is 0 Å². The summed E-state index contributed by atoms with van der Waals surface area (Å²) in [6, 6.07) is 18.4. The highest BCUT2D eigenvalue weighted by molar-refractivity contribution is 5.94. The summed E-state index contributed by atoms with van der Waals surface area (Å²) in [6.45, 7) is 6.47. The van der Waals surface area contributed by atoms with Crippen molar-refractivity contribution < 1.29 is 4.79 Å². The summed E-state index contributed by atoms with van der Waals surface area (Å²) in [5, 5.41) is 0. The van der Waals surface area contributed by atoms with Gasteiger partial charge in [-0.15, -0.1) is 0 Å². The van der Waals surface area contributed by atoms with Gasteiger partial charge in [-0.05, 0) is 49.4 Å². The van der Waals surface area contributed by atoms with Crippen LogP contribution in [0.4, 0.5) is 0 Å². The summed E-state index contributed by atoms with van der Waals surface area (Å²) < 4.78 is 2.05. The van der Waals surface area contributed by atoms with Crippen LogP contribution in [0.25, 0.3) is 6.08 Å². The maximum Gasteiger partial charge on any atom is 0.254 e. The molecule has 1 heterocycles. The van der Waals surface area contributed by atoms with Crippen LogP contribution in [-0.4, -0.2) is 33.4 Å². The first-order valence-corrected chi connectivity index (χ1v) is 11.2. The molecule has 3 aromatic rings. The molecule has 4 nitrogen and oxygen atoms in total. The number of unbranched alkanes of at least 4 members (excludes halogenated alkanes) is 1. The number of aryl methyl sites for hydroxylation is 2. The van der Waals surface area contributed by atoms with Crippen molar-refractivity contribution in [1.29, 1.82) is 0 Å². The minimum absolute atomic E-state index is 0.0912. The molecule has 0 aliphatic rings. The first-order chi connectivity index (χ1) is 15.2. The van der Waals surface area contributed by atoms with E-state index in [1.807, 2.05) is 47.8 Å². The van der Waals surface area contributed by atoms with Gasteiger partial charge in [-0.2, -0.15) is 0 Å². The van der Waals surface area contributed by atoms with Gasteiger partial charge in [-0.25, -0.2) is 4.98 Å². The predicted octanol–water partition coefficient (Wildman–Crippen LogP) is 5.86. The van der Waals surface area contributed by atoms with Gasteiger partial charge in [0.25, 0.3) is 5.91 Å². The van der Waals surface area contributed by atoms with Crippen molar-refractivity contribution in [2.75, 3.05) is 13.1 Å². The molecule has 0 unspecified atom stereocenters. The number of nitrogens with zero attached hydrogens (tertiary/aromatic N) is 3. The standard InChI is InChI=1S/C27H33N3O/c1-3-4-9-24-12-14-26(15-13-24)27(31)30(18-8-17-29-19-16-28-22-29)21-23(2)20-25-10-6-5-7-11-25/h5-7,10-16,19-20,22H,3-4,8-9,17-18,21H2,1-2H3/b23-20+. The van der Waals surface area contributed by atoms with Crippen LogP contribution in [0.1, 0.15) is 54.6 Å². The number of rotatable bonds is 11. The molecule has 31 heavy (non-hydrogen) atoms. The molecule has 0 spiro atoms. The lowest BCUT2D eigenvalue weighted by Gasteiger charge is -2.24. The molecule has 2 aromatic carbocycles. The zero-order valence-corrected chi connectivity index (χ0v) is 18.7. The lowest BCUT2D eigenvalue weighted by Crippen LogP contribution is -2.34. The minimum atomic E-state index is 0.0912. The number of hydrogen-bond acceptors (Lipinski definition) is 2. The molecule has 1 aromatic heterocycles. The molecule has 0 N–H and O–H groups in total. The van der Waals surface area contributed by atoms with Gasteiger partial charge in [-0.3, -0.25) is 4.79 Å². The average molecular weight is 416 g/mol. The fourth-order valence-corrected chi connectivity index (χ4v) is 3.67. The Morgan fingerprint density at radius 1 is 1.06 bits per heavy atom. The van der Waals surface area contributed by atoms with E-state index in [0.717, 1.165) is 30.5 Å². The summed E-state index contributed by atoms with van der Waals surface area (Å²) in [6.07, 6.45) is 12.0. The number of imidazole rings is 1. The Morgan fingerprint density at radius 3 is 2.52 bits per heavy atom. The third-order valence-corrected chi connectivity index (χ3v) is 5.36. The normalized spacial score (nSPS) is 11.5. The first kappa shape index (κ1) is 22.5. The van der Waals surface area contributed by atoms with Gasteiger partial charge < -0.3 is 9.47 Å². The molecule has 0 saturated carbocycles. The number of carbonyl (C=O) groups excluding carboxylic acids is 1. The van der Waals surface area contributed by atoms with Crippen LogP contribution in [0.2, 0.25) is 0 Å². The number of carbonyl (C=O) groups is 1. The number of hydrogen-bond donors (Lipinski definition) is 0. The number of benzene rings is 2. The van der Waals surface area contributed by atoms with Crippen molar-refractivity contribution in [3.05, 3.63) is 95.6 Å². The van der Waals surface area contributed by atoms with Crippen LogP contribution in [0, 0.1) is 0 Å². The van der Waals surface area contributed by atoms with Gasteiger partial charge in [0.1, 0.15) is 0 Å². The zero-order valence-electron chi connectivity index (χ0n) is 18.7. The largest absolute Gasteiger partial charge is 0.337 e. The van der Waals surface area contributed by atoms with Crippen LogP contribution in [-0.2, 0) is 13.0 Å². The molecule has 0 aliphatic heterocycles. The van der Waals surface area contributed by atoms with Crippen LogP contribution in [0.5, 0.6) is 0 Å². The third-order valence-electron chi connectivity index (χ3n) is 5.36. The van der Waals surface area contributed by atoms with E-state index in [4.69, 9.17) is 0 Å². The smallest absolute Gasteiger partial charge is 0.254 e. The number of amides is 1. The second kappa shape index (κ2) is 11.9. The fourth-order valence-electron chi connectivity index (χ4n) is 3.67. The molecular formula is C27H33N3O. The second-order valence-corrected chi connectivity index (χ2v) is 8.08. The maximum absolute atomic E-state index is 13.3. The summed E-state index contributed by atoms with van der Waals surface area (Å²) >= 11 is 0. The van der Waals surface area contributed by atoms with Gasteiger partial charge in [0, 0.05) is 37.6 Å². The van der Waals surface area contributed by atoms with Crippen LogP contribution < -0.4 is 0 Å². The number of aromatic nitrogens is 2. The Kier molecular flexibility index (Phi) is 8.65. The van der Waals surface area contributed by atoms with Crippen molar-refractivity contribution in [2.45, 2.75) is 46.1 Å². The Hall–Kier alpha value is -3.14. The second-order valence-electron chi connectivity index (χ2n) is 8.08. The molecule has 0 atom stereocenters. The monoisotopic (exact) mass is 415 g/mol. The molecule has 0 bridgehead atoms. The molecule has 162 valence electrons. The SMILES string of the molecule is CCCCc1ccc(C(=O)N(CCCn2ccnc2)C/C(C)=C/c2ccccc2)cc1. The summed E-state index contributed by atoms with van der Waals surface area (Å²) in [5.41, 5.74) is 4.38. The molecule has 0 radical (unpaired) electrons. The first-order valence-electron chi connectivity index (χ1n) is 11.2. The molecule has 0 fully saturated rings. The fraction of sp³-hybridized carbons (Fsp3) is 0.333. The van der Waals surface area contributed by atoms with E-state index in [1.54, 1.807) is 6.20 Å². The molecular weight excluding hydrogens is 382 g/mol. The van der Waals surface area contributed by atoms with Crippen molar-refractivity contribution in [2.24, 2.45) is 0 Å². The molecule has 3 rings (SSSR count). The zero-order chi connectivity index (χ0) is 21.9. The third kappa shape index (κ3) is 7.25. The van der Waals surface area contributed by atoms with E-state index in [2.05, 4.69) is 53.7 Å². The van der Waals surface area contributed by atoms with E-state index in [1.165, 1.54) is 24.0 Å². The van der Waals surface area contributed by atoms with Crippen LogP contribution in [0.15, 0.2) is 78.9 Å². The van der Waals surface area contributed by atoms with Gasteiger partial charge in [0.05, 0.1) is 6.33 Å². The van der Waals surface area contributed by atoms with Crippen molar-refractivity contribution in [1.82, 2.24) is 14.5 Å². The van der Waals surface area contributed by atoms with Gasteiger partial charge in [-0.1, -0.05) is 67.5 Å². The summed E-state index contributed by atoms with van der Waals surface area (Å²) in [7, 11) is 0. The topological polar surface area (TPSA) is 38.1 Å². The Labute approximate surface area is 186 Å². The van der Waals surface area contributed by atoms with Crippen LogP contribution in [0.3, 0.4) is 0 Å². The quantitative estimate of drug-likeness (QED) is 0.393. The highest BCUT2D eigenvalue weighted by Gasteiger charge is 2.16. The van der Waals surface area contributed by atoms with Crippen molar-refractivity contribution in [3.8, 4) is 0 Å². The predicted molar refractivity (Wildman–Crippen MR) is 128 cm³/mol. The van der Waals surface area contributed by atoms with E-state index in [-0.39, 0.29) is 5.91 Å². The Balaban J connectivity index is 1.70. The summed E-state index contributed by atoms with van der Waals surface area (Å²) in [4.78, 5) is 19.4.